The highest BCUT2D eigenvalue weighted by atomic mass is 19.3. The van der Waals surface area contributed by atoms with E-state index in [1.165, 1.54) is 7.11 Å². The molecule has 0 aliphatic heterocycles. The number of carbonyl (C=O) groups excluding carboxylic acids is 1. The topological polar surface area (TPSA) is 57.0 Å². The van der Waals surface area contributed by atoms with Gasteiger partial charge < -0.3 is 4.74 Å². The minimum atomic E-state index is -2.43. The highest BCUT2D eigenvalue weighted by Crippen LogP contribution is 2.03. The summed E-state index contributed by atoms with van der Waals surface area (Å²) in [5.74, 6) is -0.745. The molecule has 0 aliphatic carbocycles. The van der Waals surface area contributed by atoms with Gasteiger partial charge in [-0.1, -0.05) is 0 Å². The van der Waals surface area contributed by atoms with E-state index in [-0.39, 0.29) is 18.8 Å². The van der Waals surface area contributed by atoms with Gasteiger partial charge in [0.1, 0.15) is 6.33 Å². The van der Waals surface area contributed by atoms with Crippen LogP contribution in [0.4, 0.5) is 8.78 Å². The first-order valence-electron chi connectivity index (χ1n) is 3.89. The van der Waals surface area contributed by atoms with E-state index in [4.69, 9.17) is 0 Å². The van der Waals surface area contributed by atoms with Crippen molar-refractivity contribution < 1.29 is 18.3 Å². The zero-order valence-corrected chi connectivity index (χ0v) is 7.48. The number of ether oxygens (including phenoxy) is 1. The number of hydrogen-bond donors (Lipinski definition) is 0. The molecule has 7 heteroatoms. The average molecular weight is 205 g/mol. The molecule has 0 aliphatic rings. The van der Waals surface area contributed by atoms with Gasteiger partial charge >= 0.3 is 5.97 Å². The van der Waals surface area contributed by atoms with Crippen LogP contribution in [0.15, 0.2) is 6.33 Å². The molecule has 0 radical (unpaired) electrons. The van der Waals surface area contributed by atoms with Crippen LogP contribution in [0, 0.1) is 0 Å². The Hall–Kier alpha value is -1.53. The minimum absolute atomic E-state index is 0.0535. The molecule has 0 atom stereocenters. The predicted octanol–water partition coefficient (Wildman–Crippen LogP) is 0.720. The van der Waals surface area contributed by atoms with Crippen LogP contribution in [0.25, 0.3) is 0 Å². The number of aryl methyl sites for hydroxylation is 1. The summed E-state index contributed by atoms with van der Waals surface area (Å²) < 4.78 is 29.2. The molecular weight excluding hydrogens is 196 g/mol. The number of nitrogens with zero attached hydrogens (tertiary/aromatic N) is 3. The fraction of sp³-hybridized carbons (Fsp3) is 0.571. The molecule has 78 valence electrons. The highest BCUT2D eigenvalue weighted by molar-refractivity contribution is 5.85. The maximum atomic E-state index is 11.9. The van der Waals surface area contributed by atoms with Gasteiger partial charge in [0, 0.05) is 13.0 Å². The maximum Gasteiger partial charge on any atom is 0.375 e. The lowest BCUT2D eigenvalue weighted by molar-refractivity contribution is 0.0575. The lowest BCUT2D eigenvalue weighted by atomic mass is 10.4. The van der Waals surface area contributed by atoms with E-state index >= 15 is 0 Å². The van der Waals surface area contributed by atoms with Crippen LogP contribution in [0.2, 0.25) is 0 Å². The van der Waals surface area contributed by atoms with Crippen LogP contribution in [-0.2, 0) is 11.3 Å². The van der Waals surface area contributed by atoms with Gasteiger partial charge in [-0.2, -0.15) is 5.10 Å². The lowest BCUT2D eigenvalue weighted by Gasteiger charge is -2.03. The van der Waals surface area contributed by atoms with Crippen LogP contribution < -0.4 is 0 Å². The van der Waals surface area contributed by atoms with Crippen LogP contribution in [-0.4, -0.2) is 34.3 Å². The summed E-state index contributed by atoms with van der Waals surface area (Å²) in [6, 6.07) is 0. The number of rotatable bonds is 4. The van der Waals surface area contributed by atoms with Crippen molar-refractivity contribution in [1.29, 1.82) is 0 Å². The number of aromatic nitrogens is 3. The highest BCUT2D eigenvalue weighted by Gasteiger charge is 2.15. The number of carbonyl (C=O) groups is 1. The SMILES string of the molecule is COC(=O)c1ncnn1CCC(F)F. The molecular formula is C7H9F2N3O2. The number of hydrogen-bond acceptors (Lipinski definition) is 4. The van der Waals surface area contributed by atoms with E-state index in [0.717, 1.165) is 11.0 Å². The van der Waals surface area contributed by atoms with Gasteiger partial charge in [0.05, 0.1) is 7.11 Å². The normalized spacial score (nSPS) is 10.6. The Kier molecular flexibility index (Phi) is 3.49. The van der Waals surface area contributed by atoms with Gasteiger partial charge in [0.15, 0.2) is 0 Å². The van der Waals surface area contributed by atoms with E-state index in [0.29, 0.717) is 0 Å². The monoisotopic (exact) mass is 205 g/mol. The Morgan fingerprint density at radius 3 is 3.00 bits per heavy atom. The number of halogens is 2. The third-order valence-corrected chi connectivity index (χ3v) is 1.54. The van der Waals surface area contributed by atoms with Crippen molar-refractivity contribution in [3.05, 3.63) is 12.2 Å². The fourth-order valence-electron chi connectivity index (χ4n) is 0.897. The molecule has 14 heavy (non-hydrogen) atoms. The molecule has 5 nitrogen and oxygen atoms in total. The average Bonchev–Trinajstić information content (AvgIpc) is 2.61. The van der Waals surface area contributed by atoms with E-state index < -0.39 is 12.4 Å². The van der Waals surface area contributed by atoms with Gasteiger partial charge in [-0.15, -0.1) is 0 Å². The number of esters is 1. The second-order valence-electron chi connectivity index (χ2n) is 2.48. The van der Waals surface area contributed by atoms with Crippen molar-refractivity contribution in [2.24, 2.45) is 0 Å². The molecule has 0 spiro atoms. The molecule has 0 aromatic carbocycles. The number of methoxy groups -OCH3 is 1. The third-order valence-electron chi connectivity index (χ3n) is 1.54. The maximum absolute atomic E-state index is 11.9. The molecule has 0 saturated heterocycles. The molecule has 0 bridgehead atoms. The minimum Gasteiger partial charge on any atom is -0.463 e. The first-order chi connectivity index (χ1) is 6.65. The molecule has 0 saturated carbocycles. The standard InChI is InChI=1S/C7H9F2N3O2/c1-14-7(13)6-10-4-11-12(6)3-2-5(8)9/h4-5H,2-3H2,1H3. The quantitative estimate of drug-likeness (QED) is 0.679. The van der Waals surface area contributed by atoms with Gasteiger partial charge in [0.2, 0.25) is 12.2 Å². The first kappa shape index (κ1) is 10.6. The molecule has 0 amide bonds. The van der Waals surface area contributed by atoms with Crippen molar-refractivity contribution in [3.63, 3.8) is 0 Å². The molecule has 0 fully saturated rings. The van der Waals surface area contributed by atoms with Crippen LogP contribution in [0.5, 0.6) is 0 Å². The van der Waals surface area contributed by atoms with E-state index in [2.05, 4.69) is 14.8 Å². The van der Waals surface area contributed by atoms with Gasteiger partial charge in [-0.05, 0) is 0 Å². The van der Waals surface area contributed by atoms with Crippen LogP contribution in [0.3, 0.4) is 0 Å². The zero-order valence-electron chi connectivity index (χ0n) is 7.48. The van der Waals surface area contributed by atoms with Crippen LogP contribution >= 0.6 is 0 Å². The second kappa shape index (κ2) is 4.64. The Morgan fingerprint density at radius 1 is 1.71 bits per heavy atom. The summed E-state index contributed by atoms with van der Waals surface area (Å²) in [6.45, 7) is -0.0535. The fourth-order valence-corrected chi connectivity index (χ4v) is 0.897. The Balaban J connectivity index is 2.67. The zero-order chi connectivity index (χ0) is 10.6. The Bertz CT molecular complexity index is 314. The Morgan fingerprint density at radius 2 is 2.43 bits per heavy atom. The summed E-state index contributed by atoms with van der Waals surface area (Å²) in [6.07, 6.45) is -1.67. The van der Waals surface area contributed by atoms with Gasteiger partial charge in [-0.3, -0.25) is 0 Å². The molecule has 0 unspecified atom stereocenters. The molecule has 1 aromatic heterocycles. The summed E-state index contributed by atoms with van der Waals surface area (Å²) in [4.78, 5) is 14.6. The lowest BCUT2D eigenvalue weighted by Crippen LogP contribution is -2.14. The van der Waals surface area contributed by atoms with Gasteiger partial charge in [-0.25, -0.2) is 23.2 Å². The summed E-state index contributed by atoms with van der Waals surface area (Å²) >= 11 is 0. The van der Waals surface area contributed by atoms with E-state index in [9.17, 15) is 13.6 Å². The van der Waals surface area contributed by atoms with Crippen LogP contribution in [0.1, 0.15) is 17.0 Å². The number of alkyl halides is 2. The second-order valence-corrected chi connectivity index (χ2v) is 2.48. The molecule has 1 heterocycles. The molecule has 1 rings (SSSR count). The Labute approximate surface area is 78.7 Å². The predicted molar refractivity (Wildman–Crippen MR) is 42.0 cm³/mol. The van der Waals surface area contributed by atoms with Crippen molar-refractivity contribution in [2.75, 3.05) is 7.11 Å². The van der Waals surface area contributed by atoms with Gasteiger partial charge in [0.25, 0.3) is 0 Å². The van der Waals surface area contributed by atoms with Crippen molar-refractivity contribution in [1.82, 2.24) is 14.8 Å². The largest absolute Gasteiger partial charge is 0.463 e. The smallest absolute Gasteiger partial charge is 0.375 e. The van der Waals surface area contributed by atoms with E-state index in [1.807, 2.05) is 0 Å². The van der Waals surface area contributed by atoms with E-state index in [1.54, 1.807) is 0 Å². The molecule has 0 N–H and O–H groups in total. The van der Waals surface area contributed by atoms with Crippen molar-refractivity contribution in [2.45, 2.75) is 19.4 Å². The van der Waals surface area contributed by atoms with Crippen molar-refractivity contribution in [3.8, 4) is 0 Å². The van der Waals surface area contributed by atoms with Crippen molar-refractivity contribution >= 4 is 5.97 Å². The third kappa shape index (κ3) is 2.48. The molecule has 1 aromatic rings. The summed E-state index contributed by atoms with van der Waals surface area (Å²) in [5.41, 5.74) is 0. The first-order valence-corrected chi connectivity index (χ1v) is 3.89. The summed E-state index contributed by atoms with van der Waals surface area (Å²) in [7, 11) is 1.19. The summed E-state index contributed by atoms with van der Waals surface area (Å²) in [5, 5.41) is 3.63.